The normalized spacial score (nSPS) is 26.2. The molecule has 3 fully saturated rings. The zero-order valence-electron chi connectivity index (χ0n) is 18.8. The molecule has 36 heavy (non-hydrogen) atoms. The van der Waals surface area contributed by atoms with E-state index >= 15 is 0 Å². The molecule has 5 heterocycles. The van der Waals surface area contributed by atoms with Crippen molar-refractivity contribution in [3.63, 3.8) is 0 Å². The Hall–Kier alpha value is -3.37. The zero-order valence-corrected chi connectivity index (χ0v) is 20.5. The Labute approximate surface area is 212 Å². The molecule has 0 bridgehead atoms. The number of hydrogen-bond acceptors (Lipinski definition) is 12. The lowest BCUT2D eigenvalue weighted by molar-refractivity contribution is -0.134. The van der Waals surface area contributed by atoms with Crippen LogP contribution < -0.4 is 11.1 Å². The number of carboxylic acids is 1. The number of anilines is 1. The van der Waals surface area contributed by atoms with Gasteiger partial charge in [0, 0.05) is 42.0 Å². The van der Waals surface area contributed by atoms with Crippen LogP contribution in [-0.4, -0.2) is 96.3 Å². The molecule has 0 radical (unpaired) electrons. The monoisotopic (exact) mass is 534 g/mol. The van der Waals surface area contributed by atoms with E-state index in [0.717, 1.165) is 40.8 Å². The minimum Gasteiger partial charge on any atom is -0.477 e. The predicted molar refractivity (Wildman–Crippen MR) is 128 cm³/mol. The highest BCUT2D eigenvalue weighted by atomic mass is 32.2. The largest absolute Gasteiger partial charge is 0.477 e. The van der Waals surface area contributed by atoms with Gasteiger partial charge in [0.2, 0.25) is 11.9 Å². The number of nitrogens with two attached hydrogens (primary N) is 1. The van der Waals surface area contributed by atoms with E-state index in [9.17, 15) is 29.2 Å². The number of carbonyl (C=O) groups is 4. The van der Waals surface area contributed by atoms with Crippen LogP contribution >= 0.6 is 23.3 Å². The first kappa shape index (κ1) is 24.3. The number of likely N-dealkylation sites (tertiary alicyclic amines) is 1. The molecule has 1 aromatic heterocycles. The molecule has 3 atom stereocenters. The molecule has 0 spiro atoms. The van der Waals surface area contributed by atoms with Crippen molar-refractivity contribution in [2.75, 3.05) is 37.7 Å². The number of urea groups is 1. The maximum atomic E-state index is 13.2. The second-order valence-electron chi connectivity index (χ2n) is 8.61. The first-order valence-electron chi connectivity index (χ1n) is 11.2. The van der Waals surface area contributed by atoms with E-state index in [-0.39, 0.29) is 40.9 Å². The van der Waals surface area contributed by atoms with Crippen molar-refractivity contribution in [2.24, 2.45) is 5.18 Å². The van der Waals surface area contributed by atoms with Gasteiger partial charge in [-0.1, -0.05) is 0 Å². The molecular formula is C20H22N8O6S2. The van der Waals surface area contributed by atoms with Crippen molar-refractivity contribution in [3.8, 4) is 0 Å². The highest BCUT2D eigenvalue weighted by Crippen LogP contribution is 2.39. The highest BCUT2D eigenvalue weighted by molar-refractivity contribution is 8.00. The predicted octanol–water partition coefficient (Wildman–Crippen LogP) is 0.124. The number of nitrogens with zero attached hydrogens (tertiary/aromatic N) is 6. The number of aliphatic carboxylic acids is 1. The molecule has 5 rings (SSSR count). The van der Waals surface area contributed by atoms with Gasteiger partial charge >= 0.3 is 12.0 Å². The molecule has 4 amide bonds. The highest BCUT2D eigenvalue weighted by Gasteiger charge is 2.49. The second-order valence-corrected chi connectivity index (χ2v) is 10.6. The lowest BCUT2D eigenvalue weighted by Crippen LogP contribution is -2.41. The topological polar surface area (TPSA) is 191 Å². The van der Waals surface area contributed by atoms with Gasteiger partial charge < -0.3 is 21.1 Å². The Morgan fingerprint density at radius 2 is 2.14 bits per heavy atom. The first-order valence-corrected chi connectivity index (χ1v) is 13.0. The lowest BCUT2D eigenvalue weighted by Gasteiger charge is -2.29. The first-order chi connectivity index (χ1) is 17.3. The van der Waals surface area contributed by atoms with Gasteiger partial charge in [0.25, 0.3) is 5.91 Å². The van der Waals surface area contributed by atoms with Gasteiger partial charge in [0.1, 0.15) is 11.1 Å². The molecule has 4 N–H and O–H groups in total. The van der Waals surface area contributed by atoms with Crippen molar-refractivity contribution >= 4 is 52.2 Å². The van der Waals surface area contributed by atoms with Gasteiger partial charge in [0.05, 0.1) is 6.54 Å². The fourth-order valence-electron chi connectivity index (χ4n) is 4.82. The molecule has 4 aliphatic rings. The number of aromatic nitrogens is 2. The van der Waals surface area contributed by atoms with Gasteiger partial charge in [-0.05, 0) is 36.2 Å². The Kier molecular flexibility index (Phi) is 6.48. The van der Waals surface area contributed by atoms with Crippen LogP contribution in [0.25, 0.3) is 0 Å². The molecule has 3 saturated heterocycles. The number of nitrogen functional groups attached to an aromatic ring is 1. The average molecular weight is 535 g/mol. The molecule has 1 aromatic rings. The fourth-order valence-corrected chi connectivity index (χ4v) is 6.47. The molecule has 190 valence electrons. The number of thioether (sulfide) groups is 1. The van der Waals surface area contributed by atoms with Crippen molar-refractivity contribution in [1.29, 1.82) is 0 Å². The number of nitrogens with one attached hydrogen (secondary N) is 1. The number of rotatable bonds is 6. The van der Waals surface area contributed by atoms with Crippen molar-refractivity contribution in [2.45, 2.75) is 30.3 Å². The molecular weight excluding hydrogens is 512 g/mol. The minimum absolute atomic E-state index is 0.0326. The summed E-state index contributed by atoms with van der Waals surface area (Å²) in [7, 11) is 0. The van der Waals surface area contributed by atoms with E-state index in [4.69, 9.17) is 5.73 Å². The maximum absolute atomic E-state index is 13.2. The van der Waals surface area contributed by atoms with Crippen LogP contribution in [-0.2, 0) is 14.4 Å². The summed E-state index contributed by atoms with van der Waals surface area (Å²) in [4.78, 5) is 70.3. The molecule has 3 unspecified atom stereocenters. The lowest BCUT2D eigenvalue weighted by atomic mass is 10.1. The third-order valence-electron chi connectivity index (χ3n) is 6.53. The molecule has 0 saturated carbocycles. The Morgan fingerprint density at radius 3 is 2.78 bits per heavy atom. The van der Waals surface area contributed by atoms with Gasteiger partial charge in [0.15, 0.2) is 11.0 Å². The second kappa shape index (κ2) is 9.59. The molecule has 16 heteroatoms. The number of hydrogen-bond donors (Lipinski definition) is 3. The standard InChI is InChI=1S/C20H22N8O6S2/c21-19-23-15(25-36-19)13(24-34)17(30)27-7-12-28(20(27)33)14(18(31)32)10(8-35-12)5-9-2-4-26(16(9)29)11-1-3-22-6-11/h5,11-13,22H,1-4,6-8H2,(H,31,32)(H2,21,23,25). The third kappa shape index (κ3) is 4.14. The average Bonchev–Trinajstić information content (AvgIpc) is 3.64. The van der Waals surface area contributed by atoms with Gasteiger partial charge in [-0.15, -0.1) is 16.7 Å². The summed E-state index contributed by atoms with van der Waals surface area (Å²) >= 11 is 2.05. The summed E-state index contributed by atoms with van der Waals surface area (Å²) in [6.07, 6.45) is 2.91. The van der Waals surface area contributed by atoms with Crippen molar-refractivity contribution in [3.05, 3.63) is 33.7 Å². The van der Waals surface area contributed by atoms with Gasteiger partial charge in [-0.2, -0.15) is 4.37 Å². The smallest absolute Gasteiger partial charge is 0.353 e. The molecule has 0 aliphatic carbocycles. The van der Waals surface area contributed by atoms with Gasteiger partial charge in [-0.3, -0.25) is 19.4 Å². The van der Waals surface area contributed by atoms with Crippen LogP contribution in [0.4, 0.5) is 9.93 Å². The van der Waals surface area contributed by atoms with Crippen LogP contribution in [0, 0.1) is 4.91 Å². The molecule has 14 nitrogen and oxygen atoms in total. The summed E-state index contributed by atoms with van der Waals surface area (Å²) in [6, 6.07) is -2.46. The SMILES string of the molecule is Nc1nc(C(N=O)C(=O)N2CC3SCC(C=C4CCN(C5CCNC5)C4=O)=C(C(=O)O)N3C2=O)ns1. The minimum atomic E-state index is -1.68. The molecule has 0 aromatic carbocycles. The van der Waals surface area contributed by atoms with Crippen LogP contribution in [0.1, 0.15) is 24.7 Å². The number of carbonyl (C=O) groups excluding carboxylic acids is 3. The summed E-state index contributed by atoms with van der Waals surface area (Å²) in [6.45, 7) is 1.99. The number of nitroso groups, excluding NO2 is 1. The van der Waals surface area contributed by atoms with E-state index in [1.165, 1.54) is 11.8 Å². The van der Waals surface area contributed by atoms with Gasteiger partial charge in [-0.25, -0.2) is 14.6 Å². The Morgan fingerprint density at radius 1 is 1.33 bits per heavy atom. The third-order valence-corrected chi connectivity index (χ3v) is 8.31. The summed E-state index contributed by atoms with van der Waals surface area (Å²) in [5.41, 5.74) is 6.05. The number of carboxylic acid groups (broad SMARTS) is 1. The summed E-state index contributed by atoms with van der Waals surface area (Å²) in [5.74, 6) is -2.42. The zero-order chi connectivity index (χ0) is 25.6. The van der Waals surface area contributed by atoms with E-state index in [2.05, 4.69) is 19.9 Å². The van der Waals surface area contributed by atoms with Crippen LogP contribution in [0.5, 0.6) is 0 Å². The Balaban J connectivity index is 1.41. The van der Waals surface area contributed by atoms with E-state index < -0.39 is 29.3 Å². The summed E-state index contributed by atoms with van der Waals surface area (Å²) in [5, 5.41) is 15.4. The fraction of sp³-hybridized carbons (Fsp3) is 0.500. The quantitative estimate of drug-likeness (QED) is 0.332. The van der Waals surface area contributed by atoms with E-state index in [1.807, 2.05) is 0 Å². The number of fused-ring (bicyclic) bond motifs is 1. The summed E-state index contributed by atoms with van der Waals surface area (Å²) < 4.78 is 3.83. The van der Waals surface area contributed by atoms with Crippen LogP contribution in [0.2, 0.25) is 0 Å². The Bertz CT molecular complexity index is 1210. The van der Waals surface area contributed by atoms with Crippen molar-refractivity contribution in [1.82, 2.24) is 29.4 Å². The van der Waals surface area contributed by atoms with Crippen LogP contribution in [0.3, 0.4) is 0 Å². The number of imide groups is 1. The molecule has 4 aliphatic heterocycles. The maximum Gasteiger partial charge on any atom is 0.353 e. The van der Waals surface area contributed by atoms with E-state index in [1.54, 1.807) is 11.0 Å². The number of allylic oxidation sites excluding steroid dienone is 1. The van der Waals surface area contributed by atoms with E-state index in [0.29, 0.717) is 24.1 Å². The number of amides is 4. The van der Waals surface area contributed by atoms with Crippen molar-refractivity contribution < 1.29 is 24.3 Å². The van der Waals surface area contributed by atoms with Crippen LogP contribution in [0.15, 0.2) is 28.1 Å².